The van der Waals surface area contributed by atoms with E-state index in [9.17, 15) is 4.79 Å². The molecule has 1 aromatic carbocycles. The Hall–Kier alpha value is -1.39. The summed E-state index contributed by atoms with van der Waals surface area (Å²) in [7, 11) is 0. The number of rotatable bonds is 4. The third kappa shape index (κ3) is 3.18. The molecule has 2 N–H and O–H groups in total. The van der Waals surface area contributed by atoms with Gasteiger partial charge in [0.2, 0.25) is 5.91 Å². The Morgan fingerprint density at radius 3 is 2.82 bits per heavy atom. The zero-order chi connectivity index (χ0) is 15.4. The molecule has 1 atom stereocenters. The number of ether oxygens (including phenoxy) is 1. The third-order valence-electron chi connectivity index (χ3n) is 5.14. The van der Waals surface area contributed by atoms with Crippen LogP contribution in [0.5, 0.6) is 0 Å². The first-order chi connectivity index (χ1) is 10.7. The molecule has 0 aliphatic carbocycles. The number of hydrogen-bond donors (Lipinski definition) is 2. The number of carbonyl (C=O) groups excluding carboxylic acids is 1. The number of carbonyl (C=O) groups is 1. The second-order valence-electron chi connectivity index (χ2n) is 6.57. The van der Waals surface area contributed by atoms with Gasteiger partial charge in [-0.15, -0.1) is 0 Å². The van der Waals surface area contributed by atoms with Crippen molar-refractivity contribution in [3.05, 3.63) is 35.4 Å². The summed E-state index contributed by atoms with van der Waals surface area (Å²) in [5.74, 6) is 0.150. The monoisotopic (exact) mass is 302 g/mol. The van der Waals surface area contributed by atoms with E-state index in [1.807, 2.05) is 0 Å². The highest BCUT2D eigenvalue weighted by atomic mass is 16.5. The van der Waals surface area contributed by atoms with Crippen LogP contribution in [0, 0.1) is 6.92 Å². The van der Waals surface area contributed by atoms with Crippen molar-refractivity contribution in [1.82, 2.24) is 10.6 Å². The number of aryl methyl sites for hydroxylation is 1. The average molecular weight is 302 g/mol. The molecule has 2 aliphatic rings. The Bertz CT molecular complexity index is 518. The highest BCUT2D eigenvalue weighted by Crippen LogP contribution is 2.36. The summed E-state index contributed by atoms with van der Waals surface area (Å²) in [6.45, 7) is 5.36. The maximum atomic E-state index is 12.3. The van der Waals surface area contributed by atoms with E-state index in [0.29, 0.717) is 6.54 Å². The van der Waals surface area contributed by atoms with E-state index in [0.717, 1.165) is 45.4 Å². The van der Waals surface area contributed by atoms with Gasteiger partial charge in [0.15, 0.2) is 0 Å². The predicted octanol–water partition coefficient (Wildman–Crippen LogP) is 1.91. The maximum Gasteiger partial charge on any atom is 0.237 e. The summed E-state index contributed by atoms with van der Waals surface area (Å²) < 4.78 is 5.57. The number of nitrogens with one attached hydrogen (secondary N) is 2. The van der Waals surface area contributed by atoms with Crippen LogP contribution >= 0.6 is 0 Å². The minimum Gasteiger partial charge on any atom is -0.381 e. The SMILES string of the molecule is Cc1ccccc1C1(CNC(=O)C2CCCN2)CCOCC1. The van der Waals surface area contributed by atoms with E-state index in [1.165, 1.54) is 11.1 Å². The van der Waals surface area contributed by atoms with Crippen LogP contribution in [-0.2, 0) is 14.9 Å². The van der Waals surface area contributed by atoms with Crippen molar-refractivity contribution in [3.63, 3.8) is 0 Å². The molecule has 22 heavy (non-hydrogen) atoms. The largest absolute Gasteiger partial charge is 0.381 e. The molecule has 0 aromatic heterocycles. The average Bonchev–Trinajstić information content (AvgIpc) is 3.08. The van der Waals surface area contributed by atoms with Crippen molar-refractivity contribution < 1.29 is 9.53 Å². The lowest BCUT2D eigenvalue weighted by Crippen LogP contribution is -2.49. The molecule has 1 unspecified atom stereocenters. The molecule has 3 rings (SSSR count). The summed E-state index contributed by atoms with van der Waals surface area (Å²) in [5.41, 5.74) is 2.67. The number of hydrogen-bond acceptors (Lipinski definition) is 3. The lowest BCUT2D eigenvalue weighted by molar-refractivity contribution is -0.123. The fraction of sp³-hybridized carbons (Fsp3) is 0.611. The Kier molecular flexibility index (Phi) is 4.79. The Labute approximate surface area is 132 Å². The summed E-state index contributed by atoms with van der Waals surface area (Å²) in [6.07, 6.45) is 3.98. The number of benzene rings is 1. The standard InChI is InChI=1S/C18H26N2O2/c1-14-5-2-3-6-15(14)18(8-11-22-12-9-18)13-20-17(21)16-7-4-10-19-16/h2-3,5-6,16,19H,4,7-13H2,1H3,(H,20,21). The van der Waals surface area contributed by atoms with Gasteiger partial charge in [-0.05, 0) is 50.3 Å². The van der Waals surface area contributed by atoms with Gasteiger partial charge < -0.3 is 15.4 Å². The zero-order valence-electron chi connectivity index (χ0n) is 13.4. The van der Waals surface area contributed by atoms with Crippen LogP contribution in [0.15, 0.2) is 24.3 Å². The van der Waals surface area contributed by atoms with Gasteiger partial charge in [-0.2, -0.15) is 0 Å². The minimum atomic E-state index is -0.00578. The molecular formula is C18H26N2O2. The van der Waals surface area contributed by atoms with Gasteiger partial charge in [-0.1, -0.05) is 24.3 Å². The predicted molar refractivity (Wildman–Crippen MR) is 86.9 cm³/mol. The van der Waals surface area contributed by atoms with Crippen LogP contribution < -0.4 is 10.6 Å². The molecule has 2 aliphatic heterocycles. The highest BCUT2D eigenvalue weighted by molar-refractivity contribution is 5.82. The molecule has 2 heterocycles. The molecule has 4 nitrogen and oxygen atoms in total. The van der Waals surface area contributed by atoms with Crippen molar-refractivity contribution in [2.45, 2.75) is 44.1 Å². The van der Waals surface area contributed by atoms with Gasteiger partial charge >= 0.3 is 0 Å². The van der Waals surface area contributed by atoms with Crippen molar-refractivity contribution in [2.24, 2.45) is 0 Å². The van der Waals surface area contributed by atoms with E-state index in [-0.39, 0.29) is 17.4 Å². The van der Waals surface area contributed by atoms with Crippen LogP contribution in [-0.4, -0.2) is 38.3 Å². The molecule has 0 radical (unpaired) electrons. The van der Waals surface area contributed by atoms with E-state index in [1.54, 1.807) is 0 Å². The minimum absolute atomic E-state index is 0.00578. The Balaban J connectivity index is 1.75. The lowest BCUT2D eigenvalue weighted by Gasteiger charge is -2.39. The summed E-state index contributed by atoms with van der Waals surface area (Å²) in [5, 5.41) is 6.47. The van der Waals surface area contributed by atoms with Gasteiger partial charge in [0.25, 0.3) is 0 Å². The van der Waals surface area contributed by atoms with E-state index in [2.05, 4.69) is 41.8 Å². The van der Waals surface area contributed by atoms with Gasteiger partial charge in [0.1, 0.15) is 0 Å². The zero-order valence-corrected chi connectivity index (χ0v) is 13.4. The van der Waals surface area contributed by atoms with Gasteiger partial charge in [0, 0.05) is 25.2 Å². The molecule has 2 saturated heterocycles. The maximum absolute atomic E-state index is 12.3. The van der Waals surface area contributed by atoms with Crippen molar-refractivity contribution >= 4 is 5.91 Å². The van der Waals surface area contributed by atoms with Crippen molar-refractivity contribution in [2.75, 3.05) is 26.3 Å². The second-order valence-corrected chi connectivity index (χ2v) is 6.57. The molecule has 2 fully saturated rings. The second kappa shape index (κ2) is 6.80. The van der Waals surface area contributed by atoms with Crippen LogP contribution in [0.4, 0.5) is 0 Å². The molecule has 0 spiro atoms. The molecule has 120 valence electrons. The fourth-order valence-electron chi connectivity index (χ4n) is 3.76. The molecule has 4 heteroatoms. The molecule has 0 saturated carbocycles. The Morgan fingerprint density at radius 1 is 1.36 bits per heavy atom. The molecule has 1 amide bonds. The first kappa shape index (κ1) is 15.5. The highest BCUT2D eigenvalue weighted by Gasteiger charge is 2.36. The summed E-state index contributed by atoms with van der Waals surface area (Å²) in [6, 6.07) is 8.54. The van der Waals surface area contributed by atoms with E-state index < -0.39 is 0 Å². The number of amides is 1. The van der Waals surface area contributed by atoms with Gasteiger partial charge in [-0.3, -0.25) is 4.79 Å². The molecular weight excluding hydrogens is 276 g/mol. The van der Waals surface area contributed by atoms with E-state index >= 15 is 0 Å². The lowest BCUT2D eigenvalue weighted by atomic mass is 9.72. The van der Waals surface area contributed by atoms with Crippen molar-refractivity contribution in [1.29, 1.82) is 0 Å². The van der Waals surface area contributed by atoms with E-state index in [4.69, 9.17) is 4.74 Å². The smallest absolute Gasteiger partial charge is 0.237 e. The third-order valence-corrected chi connectivity index (χ3v) is 5.14. The van der Waals surface area contributed by atoms with Crippen molar-refractivity contribution in [3.8, 4) is 0 Å². The van der Waals surface area contributed by atoms with Crippen LogP contribution in [0.1, 0.15) is 36.8 Å². The van der Waals surface area contributed by atoms with Crippen LogP contribution in [0.25, 0.3) is 0 Å². The Morgan fingerprint density at radius 2 is 2.14 bits per heavy atom. The summed E-state index contributed by atoms with van der Waals surface area (Å²) >= 11 is 0. The normalized spacial score (nSPS) is 24.1. The van der Waals surface area contributed by atoms with Gasteiger partial charge in [0.05, 0.1) is 6.04 Å². The quantitative estimate of drug-likeness (QED) is 0.893. The van der Waals surface area contributed by atoms with Crippen LogP contribution in [0.2, 0.25) is 0 Å². The first-order valence-electron chi connectivity index (χ1n) is 8.36. The van der Waals surface area contributed by atoms with Crippen LogP contribution in [0.3, 0.4) is 0 Å². The molecule has 1 aromatic rings. The van der Waals surface area contributed by atoms with Gasteiger partial charge in [-0.25, -0.2) is 0 Å². The topological polar surface area (TPSA) is 50.4 Å². The summed E-state index contributed by atoms with van der Waals surface area (Å²) in [4.78, 5) is 12.3. The first-order valence-corrected chi connectivity index (χ1v) is 8.36. The molecule has 0 bridgehead atoms. The fourth-order valence-corrected chi connectivity index (χ4v) is 3.76.